The van der Waals surface area contributed by atoms with Crippen LogP contribution >= 0.6 is 15.9 Å². The molecule has 0 aliphatic rings. The van der Waals surface area contributed by atoms with Gasteiger partial charge in [0.2, 0.25) is 0 Å². The van der Waals surface area contributed by atoms with Gasteiger partial charge < -0.3 is 5.32 Å². The quantitative estimate of drug-likeness (QED) is 0.299. The Labute approximate surface area is 182 Å². The highest BCUT2D eigenvalue weighted by molar-refractivity contribution is 9.10. The summed E-state index contributed by atoms with van der Waals surface area (Å²) < 4.78 is 41.6. The number of para-hydroxylation sites is 1. The molecule has 2 heterocycles. The zero-order valence-electron chi connectivity index (χ0n) is 15.7. The molecule has 0 saturated heterocycles. The van der Waals surface area contributed by atoms with Crippen molar-refractivity contribution in [3.8, 4) is 11.4 Å². The molecule has 0 amide bonds. The Morgan fingerprint density at radius 1 is 0.839 bits per heavy atom. The molecule has 5 rings (SSSR count). The zero-order chi connectivity index (χ0) is 21.6. The van der Waals surface area contributed by atoms with Gasteiger partial charge in [-0.15, -0.1) is 0 Å². The Hall–Kier alpha value is -3.46. The van der Waals surface area contributed by atoms with Crippen LogP contribution in [0.25, 0.3) is 33.2 Å². The highest BCUT2D eigenvalue weighted by Gasteiger charge is 2.34. The fraction of sp³-hybridized carbons (Fsp3) is 0.0455. The lowest BCUT2D eigenvalue weighted by atomic mass is 10.1. The number of aromatic nitrogens is 4. The number of nitrogens with one attached hydrogen (secondary N) is 2. The molecule has 154 valence electrons. The second-order valence-corrected chi connectivity index (χ2v) is 7.76. The van der Waals surface area contributed by atoms with Crippen molar-refractivity contribution in [3.05, 3.63) is 76.8 Å². The molecule has 0 unspecified atom stereocenters. The second-order valence-electron chi connectivity index (χ2n) is 6.84. The van der Waals surface area contributed by atoms with E-state index in [2.05, 4.69) is 41.4 Å². The third-order valence-electron chi connectivity index (χ3n) is 4.84. The van der Waals surface area contributed by atoms with Crippen LogP contribution in [0, 0.1) is 0 Å². The van der Waals surface area contributed by atoms with Crippen molar-refractivity contribution in [1.29, 1.82) is 0 Å². The van der Waals surface area contributed by atoms with E-state index in [1.54, 1.807) is 12.1 Å². The monoisotopic (exact) mass is 483 g/mol. The highest BCUT2D eigenvalue weighted by atomic mass is 79.9. The number of rotatable bonds is 3. The van der Waals surface area contributed by atoms with Gasteiger partial charge in [0.25, 0.3) is 0 Å². The molecular weight excluding hydrogens is 471 g/mol. The first-order valence-electron chi connectivity index (χ1n) is 9.24. The van der Waals surface area contributed by atoms with Gasteiger partial charge in [-0.05, 0) is 36.4 Å². The molecule has 2 N–H and O–H groups in total. The maximum atomic E-state index is 13.6. The normalized spacial score (nSPS) is 11.9. The number of aromatic amines is 1. The average molecular weight is 484 g/mol. The lowest BCUT2D eigenvalue weighted by Crippen LogP contribution is -2.08. The van der Waals surface area contributed by atoms with Crippen LogP contribution in [-0.2, 0) is 6.18 Å². The number of hydrogen-bond donors (Lipinski definition) is 2. The summed E-state index contributed by atoms with van der Waals surface area (Å²) in [5, 5.41) is 11.9. The van der Waals surface area contributed by atoms with E-state index in [0.29, 0.717) is 22.5 Å². The van der Waals surface area contributed by atoms with Gasteiger partial charge in [-0.1, -0.05) is 46.3 Å². The van der Waals surface area contributed by atoms with Gasteiger partial charge in [0, 0.05) is 20.8 Å². The van der Waals surface area contributed by atoms with E-state index in [-0.39, 0.29) is 11.4 Å². The first-order chi connectivity index (χ1) is 14.9. The van der Waals surface area contributed by atoms with Crippen molar-refractivity contribution in [2.75, 3.05) is 5.32 Å². The van der Waals surface area contributed by atoms with Crippen LogP contribution in [0.4, 0.5) is 24.8 Å². The minimum absolute atomic E-state index is 0.0169. The summed E-state index contributed by atoms with van der Waals surface area (Å²) in [6.45, 7) is 0. The lowest BCUT2D eigenvalue weighted by Gasteiger charge is -2.14. The van der Waals surface area contributed by atoms with Gasteiger partial charge >= 0.3 is 6.18 Å². The van der Waals surface area contributed by atoms with Crippen LogP contribution in [0.3, 0.4) is 0 Å². The van der Waals surface area contributed by atoms with Crippen LogP contribution < -0.4 is 5.32 Å². The fourth-order valence-corrected chi connectivity index (χ4v) is 3.78. The van der Waals surface area contributed by atoms with Crippen LogP contribution in [0.15, 0.2) is 71.2 Å². The van der Waals surface area contributed by atoms with Crippen molar-refractivity contribution in [2.45, 2.75) is 6.18 Å². The molecule has 2 aromatic heterocycles. The predicted octanol–water partition coefficient (Wildman–Crippen LogP) is 6.70. The molecule has 3 aromatic carbocycles. The van der Waals surface area contributed by atoms with Gasteiger partial charge in [-0.2, -0.15) is 18.3 Å². The summed E-state index contributed by atoms with van der Waals surface area (Å²) in [6, 6.07) is 18.1. The van der Waals surface area contributed by atoms with Gasteiger partial charge in [-0.25, -0.2) is 9.97 Å². The topological polar surface area (TPSA) is 66.5 Å². The van der Waals surface area contributed by atoms with Gasteiger partial charge in [0.05, 0.1) is 16.6 Å². The lowest BCUT2D eigenvalue weighted by molar-refractivity contribution is -0.137. The molecule has 9 heteroatoms. The van der Waals surface area contributed by atoms with Gasteiger partial charge in [0.15, 0.2) is 11.6 Å². The summed E-state index contributed by atoms with van der Waals surface area (Å²) in [5.41, 5.74) is 0.457. The molecule has 0 atom stereocenters. The van der Waals surface area contributed by atoms with Crippen molar-refractivity contribution in [2.24, 2.45) is 0 Å². The number of halogens is 4. The standard InChI is InChI=1S/C22H13BrF3N5/c23-12-9-10-15-18(11-12)30-31-21(15)29-20-14-6-2-4-8-17(14)27-19(28-20)13-5-1-3-7-16(13)22(24,25)26/h1-11H,(H2,27,28,29,30,31). The minimum atomic E-state index is -4.52. The van der Waals surface area contributed by atoms with Crippen LogP contribution in [0.2, 0.25) is 0 Å². The van der Waals surface area contributed by atoms with Gasteiger partial charge in [-0.3, -0.25) is 5.10 Å². The van der Waals surface area contributed by atoms with E-state index in [4.69, 9.17) is 0 Å². The van der Waals surface area contributed by atoms with E-state index in [0.717, 1.165) is 21.4 Å². The first kappa shape index (κ1) is 19.5. The number of nitrogens with zero attached hydrogens (tertiary/aromatic N) is 3. The van der Waals surface area contributed by atoms with Crippen molar-refractivity contribution in [1.82, 2.24) is 20.2 Å². The molecule has 0 bridgehead atoms. The Morgan fingerprint density at radius 2 is 1.61 bits per heavy atom. The van der Waals surface area contributed by atoms with E-state index in [1.807, 2.05) is 30.3 Å². The molecular formula is C22H13BrF3N5. The largest absolute Gasteiger partial charge is 0.417 e. The minimum Gasteiger partial charge on any atom is -0.322 e. The smallest absolute Gasteiger partial charge is 0.322 e. The van der Waals surface area contributed by atoms with E-state index in [9.17, 15) is 13.2 Å². The SMILES string of the molecule is FC(F)(F)c1ccccc1-c1nc(Nc2n[nH]c3cc(Br)ccc23)c2ccccc2n1. The first-order valence-corrected chi connectivity index (χ1v) is 10.0. The van der Waals surface area contributed by atoms with Crippen LogP contribution in [0.1, 0.15) is 5.56 Å². The van der Waals surface area contributed by atoms with E-state index in [1.165, 1.54) is 18.2 Å². The molecule has 5 aromatic rings. The summed E-state index contributed by atoms with van der Waals surface area (Å²) in [5.74, 6) is 0.868. The number of alkyl halides is 3. The molecule has 0 aliphatic heterocycles. The summed E-state index contributed by atoms with van der Waals surface area (Å²) in [6.07, 6.45) is -4.52. The Morgan fingerprint density at radius 3 is 2.45 bits per heavy atom. The van der Waals surface area contributed by atoms with Crippen molar-refractivity contribution >= 4 is 49.4 Å². The molecule has 0 aliphatic carbocycles. The third kappa shape index (κ3) is 3.61. The zero-order valence-corrected chi connectivity index (χ0v) is 17.3. The predicted molar refractivity (Wildman–Crippen MR) is 117 cm³/mol. The molecule has 0 spiro atoms. The summed E-state index contributed by atoms with van der Waals surface area (Å²) in [7, 11) is 0. The number of hydrogen-bond acceptors (Lipinski definition) is 4. The fourth-order valence-electron chi connectivity index (χ4n) is 3.42. The van der Waals surface area contributed by atoms with E-state index >= 15 is 0 Å². The van der Waals surface area contributed by atoms with E-state index < -0.39 is 11.7 Å². The highest BCUT2D eigenvalue weighted by Crippen LogP contribution is 2.37. The Balaban J connectivity index is 1.69. The number of anilines is 2. The van der Waals surface area contributed by atoms with Crippen LogP contribution in [0.5, 0.6) is 0 Å². The summed E-state index contributed by atoms with van der Waals surface area (Å²) in [4.78, 5) is 8.86. The molecule has 0 saturated carbocycles. The number of H-pyrrole nitrogens is 1. The maximum absolute atomic E-state index is 13.6. The molecule has 5 nitrogen and oxygen atoms in total. The molecule has 0 fully saturated rings. The summed E-state index contributed by atoms with van der Waals surface area (Å²) >= 11 is 3.42. The number of benzene rings is 3. The maximum Gasteiger partial charge on any atom is 0.417 e. The molecule has 0 radical (unpaired) electrons. The average Bonchev–Trinajstić information content (AvgIpc) is 3.14. The van der Waals surface area contributed by atoms with Crippen molar-refractivity contribution in [3.63, 3.8) is 0 Å². The number of fused-ring (bicyclic) bond motifs is 2. The van der Waals surface area contributed by atoms with Gasteiger partial charge in [0.1, 0.15) is 5.82 Å². The van der Waals surface area contributed by atoms with Crippen molar-refractivity contribution < 1.29 is 13.2 Å². The Kier molecular flexibility index (Phi) is 4.62. The third-order valence-corrected chi connectivity index (χ3v) is 5.33. The molecule has 31 heavy (non-hydrogen) atoms. The Bertz CT molecular complexity index is 1430. The van der Waals surface area contributed by atoms with Crippen LogP contribution in [-0.4, -0.2) is 20.2 Å². The second kappa shape index (κ2) is 7.35.